The zero-order valence-electron chi connectivity index (χ0n) is 13.1. The SMILES string of the molecule is CC(C)CN1CCN(CC(=O)Nc2ccc(Cl)cc2Cl)CC1. The van der Waals surface area contributed by atoms with Crippen molar-refractivity contribution in [3.63, 3.8) is 0 Å². The third-order valence-electron chi connectivity index (χ3n) is 3.66. The molecule has 1 aromatic carbocycles. The molecule has 2 rings (SSSR count). The van der Waals surface area contributed by atoms with E-state index in [1.807, 2.05) is 0 Å². The molecular formula is C16H23Cl2N3O. The lowest BCUT2D eigenvalue weighted by molar-refractivity contribution is -0.117. The normalized spacial score (nSPS) is 17.0. The van der Waals surface area contributed by atoms with E-state index in [-0.39, 0.29) is 5.91 Å². The zero-order chi connectivity index (χ0) is 16.1. The van der Waals surface area contributed by atoms with E-state index in [1.165, 1.54) is 0 Å². The third-order valence-corrected chi connectivity index (χ3v) is 4.21. The fourth-order valence-corrected chi connectivity index (χ4v) is 3.09. The number of hydrogen-bond donors (Lipinski definition) is 1. The summed E-state index contributed by atoms with van der Waals surface area (Å²) >= 11 is 11.9. The molecule has 0 atom stereocenters. The van der Waals surface area contributed by atoms with Crippen LogP contribution in [0, 0.1) is 5.92 Å². The van der Waals surface area contributed by atoms with Crippen molar-refractivity contribution in [2.75, 3.05) is 44.6 Å². The second kappa shape index (κ2) is 8.16. The van der Waals surface area contributed by atoms with Crippen molar-refractivity contribution < 1.29 is 4.79 Å². The van der Waals surface area contributed by atoms with Crippen LogP contribution < -0.4 is 5.32 Å². The summed E-state index contributed by atoms with van der Waals surface area (Å²) < 4.78 is 0. The van der Waals surface area contributed by atoms with E-state index >= 15 is 0 Å². The van der Waals surface area contributed by atoms with E-state index in [0.717, 1.165) is 32.7 Å². The lowest BCUT2D eigenvalue weighted by Crippen LogP contribution is -2.49. The third kappa shape index (κ3) is 5.43. The summed E-state index contributed by atoms with van der Waals surface area (Å²) in [5, 5.41) is 3.86. The first-order valence-electron chi connectivity index (χ1n) is 7.63. The molecular weight excluding hydrogens is 321 g/mol. The summed E-state index contributed by atoms with van der Waals surface area (Å²) in [6.07, 6.45) is 0. The van der Waals surface area contributed by atoms with Gasteiger partial charge >= 0.3 is 0 Å². The van der Waals surface area contributed by atoms with Gasteiger partial charge in [-0.25, -0.2) is 0 Å². The highest BCUT2D eigenvalue weighted by molar-refractivity contribution is 6.36. The van der Waals surface area contributed by atoms with Gasteiger partial charge in [0.05, 0.1) is 17.3 Å². The van der Waals surface area contributed by atoms with Gasteiger partial charge in [0.25, 0.3) is 0 Å². The Balaban J connectivity index is 1.78. The minimum absolute atomic E-state index is 0.0402. The molecule has 0 radical (unpaired) electrons. The van der Waals surface area contributed by atoms with E-state index in [0.29, 0.717) is 28.2 Å². The fourth-order valence-electron chi connectivity index (χ4n) is 2.63. The van der Waals surface area contributed by atoms with E-state index < -0.39 is 0 Å². The average molecular weight is 344 g/mol. The van der Waals surface area contributed by atoms with Crippen molar-refractivity contribution in [2.24, 2.45) is 5.92 Å². The maximum atomic E-state index is 12.1. The maximum Gasteiger partial charge on any atom is 0.238 e. The smallest absolute Gasteiger partial charge is 0.238 e. The molecule has 122 valence electrons. The van der Waals surface area contributed by atoms with Crippen LogP contribution in [-0.2, 0) is 4.79 Å². The molecule has 1 amide bonds. The summed E-state index contributed by atoms with van der Waals surface area (Å²) in [6, 6.07) is 5.07. The molecule has 4 nitrogen and oxygen atoms in total. The lowest BCUT2D eigenvalue weighted by Gasteiger charge is -2.35. The first-order valence-corrected chi connectivity index (χ1v) is 8.39. The molecule has 1 saturated heterocycles. The highest BCUT2D eigenvalue weighted by Gasteiger charge is 2.19. The molecule has 1 aliphatic heterocycles. The van der Waals surface area contributed by atoms with Crippen LogP contribution in [0.15, 0.2) is 18.2 Å². The highest BCUT2D eigenvalue weighted by Crippen LogP contribution is 2.25. The second-order valence-electron chi connectivity index (χ2n) is 6.14. The maximum absolute atomic E-state index is 12.1. The summed E-state index contributed by atoms with van der Waals surface area (Å²) in [4.78, 5) is 16.7. The minimum Gasteiger partial charge on any atom is -0.324 e. The number of rotatable bonds is 5. The van der Waals surface area contributed by atoms with E-state index in [2.05, 4.69) is 29.0 Å². The number of nitrogens with one attached hydrogen (secondary N) is 1. The first-order chi connectivity index (χ1) is 10.4. The van der Waals surface area contributed by atoms with Crippen molar-refractivity contribution in [3.8, 4) is 0 Å². The summed E-state index contributed by atoms with van der Waals surface area (Å²) in [7, 11) is 0. The summed E-state index contributed by atoms with van der Waals surface area (Å²) in [6.45, 7) is 9.88. The van der Waals surface area contributed by atoms with Crippen LogP contribution in [-0.4, -0.2) is 55.0 Å². The molecule has 1 fully saturated rings. The van der Waals surface area contributed by atoms with Crippen LogP contribution in [0.5, 0.6) is 0 Å². The Labute approximate surface area is 142 Å². The van der Waals surface area contributed by atoms with Gasteiger partial charge in [0.2, 0.25) is 5.91 Å². The van der Waals surface area contributed by atoms with E-state index in [1.54, 1.807) is 18.2 Å². The Morgan fingerprint density at radius 1 is 1.18 bits per heavy atom. The molecule has 0 unspecified atom stereocenters. The van der Waals surface area contributed by atoms with Crippen molar-refractivity contribution in [3.05, 3.63) is 28.2 Å². The molecule has 0 aliphatic carbocycles. The number of benzene rings is 1. The number of carbonyl (C=O) groups excluding carboxylic acids is 1. The quantitative estimate of drug-likeness (QED) is 0.891. The van der Waals surface area contributed by atoms with Crippen LogP contribution in [0.4, 0.5) is 5.69 Å². The van der Waals surface area contributed by atoms with Crippen LogP contribution in [0.1, 0.15) is 13.8 Å². The standard InChI is InChI=1S/C16H23Cl2N3O/c1-12(2)10-20-5-7-21(8-6-20)11-16(22)19-15-4-3-13(17)9-14(15)18/h3-4,9,12H,5-8,10-11H2,1-2H3,(H,19,22). The van der Waals surface area contributed by atoms with Crippen molar-refractivity contribution >= 4 is 34.8 Å². The van der Waals surface area contributed by atoms with Gasteiger partial charge in [-0.1, -0.05) is 37.0 Å². The van der Waals surface area contributed by atoms with Gasteiger partial charge in [-0.05, 0) is 24.1 Å². The fraction of sp³-hybridized carbons (Fsp3) is 0.562. The molecule has 1 N–H and O–H groups in total. The van der Waals surface area contributed by atoms with Crippen molar-refractivity contribution in [1.29, 1.82) is 0 Å². The largest absolute Gasteiger partial charge is 0.324 e. The number of hydrogen-bond acceptors (Lipinski definition) is 3. The van der Waals surface area contributed by atoms with E-state index in [9.17, 15) is 4.79 Å². The van der Waals surface area contributed by atoms with Gasteiger partial charge in [0.15, 0.2) is 0 Å². The Kier molecular flexibility index (Phi) is 6.50. The van der Waals surface area contributed by atoms with E-state index in [4.69, 9.17) is 23.2 Å². The predicted molar refractivity (Wildman–Crippen MR) is 92.8 cm³/mol. The lowest BCUT2D eigenvalue weighted by atomic mass is 10.2. The van der Waals surface area contributed by atoms with Crippen LogP contribution >= 0.6 is 23.2 Å². The predicted octanol–water partition coefficient (Wildman–Crippen LogP) is 3.21. The Morgan fingerprint density at radius 3 is 2.41 bits per heavy atom. The molecule has 1 aliphatic rings. The molecule has 6 heteroatoms. The number of amides is 1. The molecule has 0 spiro atoms. The van der Waals surface area contributed by atoms with Gasteiger partial charge in [-0.15, -0.1) is 0 Å². The van der Waals surface area contributed by atoms with Crippen LogP contribution in [0.2, 0.25) is 10.0 Å². The van der Waals surface area contributed by atoms with Crippen molar-refractivity contribution in [1.82, 2.24) is 9.80 Å². The average Bonchev–Trinajstić information content (AvgIpc) is 2.43. The van der Waals surface area contributed by atoms with Gasteiger partial charge in [-0.3, -0.25) is 9.69 Å². The van der Waals surface area contributed by atoms with Gasteiger partial charge in [0.1, 0.15) is 0 Å². The summed E-state index contributed by atoms with van der Waals surface area (Å²) in [5.74, 6) is 0.642. The minimum atomic E-state index is -0.0402. The molecule has 1 aromatic rings. The molecule has 22 heavy (non-hydrogen) atoms. The van der Waals surface area contributed by atoms with Crippen LogP contribution in [0.3, 0.4) is 0 Å². The monoisotopic (exact) mass is 343 g/mol. The molecule has 1 heterocycles. The summed E-state index contributed by atoms with van der Waals surface area (Å²) in [5.41, 5.74) is 0.606. The molecule has 0 aromatic heterocycles. The Bertz CT molecular complexity index is 514. The number of anilines is 1. The van der Waals surface area contributed by atoms with Gasteiger partial charge < -0.3 is 10.2 Å². The van der Waals surface area contributed by atoms with Crippen LogP contribution in [0.25, 0.3) is 0 Å². The zero-order valence-corrected chi connectivity index (χ0v) is 14.6. The number of nitrogens with zero attached hydrogens (tertiary/aromatic N) is 2. The second-order valence-corrected chi connectivity index (χ2v) is 6.99. The van der Waals surface area contributed by atoms with Crippen molar-refractivity contribution in [2.45, 2.75) is 13.8 Å². The Hall–Kier alpha value is -0.810. The topological polar surface area (TPSA) is 35.6 Å². The van der Waals surface area contributed by atoms with Gasteiger partial charge in [-0.2, -0.15) is 0 Å². The highest BCUT2D eigenvalue weighted by atomic mass is 35.5. The number of halogens is 2. The molecule has 0 saturated carbocycles. The Morgan fingerprint density at radius 2 is 1.82 bits per heavy atom. The number of piperazine rings is 1. The van der Waals surface area contributed by atoms with Gasteiger partial charge in [0, 0.05) is 37.7 Å². The first kappa shape index (κ1) is 17.5. The number of carbonyl (C=O) groups is 1. The molecule has 0 bridgehead atoms.